The lowest BCUT2D eigenvalue weighted by Gasteiger charge is -2.22. The summed E-state index contributed by atoms with van der Waals surface area (Å²) >= 11 is 0. The van der Waals surface area contributed by atoms with Crippen molar-refractivity contribution in [1.82, 2.24) is 5.32 Å². The van der Waals surface area contributed by atoms with Gasteiger partial charge in [0.2, 0.25) is 0 Å². The fraction of sp³-hybridized carbons (Fsp3) is 0.929. The van der Waals surface area contributed by atoms with Crippen LogP contribution in [-0.2, 0) is 19.0 Å². The van der Waals surface area contributed by atoms with E-state index in [4.69, 9.17) is 14.2 Å². The van der Waals surface area contributed by atoms with E-state index in [0.29, 0.717) is 32.3 Å². The van der Waals surface area contributed by atoms with Crippen LogP contribution in [0.5, 0.6) is 0 Å². The van der Waals surface area contributed by atoms with Gasteiger partial charge in [-0.25, -0.2) is 0 Å². The summed E-state index contributed by atoms with van der Waals surface area (Å²) < 4.78 is 16.0. The standard InChI is InChI=1S/C14H27NO4/c1-2-3-9-17-11-12-19-14(16)6-10-18-13-4-7-15-8-5-13/h13,15H,2-12H2,1H3. The highest BCUT2D eigenvalue weighted by Gasteiger charge is 2.13. The highest BCUT2D eigenvalue weighted by Crippen LogP contribution is 2.07. The Bertz CT molecular complexity index is 229. The average Bonchev–Trinajstić information content (AvgIpc) is 2.44. The number of piperidine rings is 1. The third-order valence-electron chi connectivity index (χ3n) is 3.08. The van der Waals surface area contributed by atoms with Gasteiger partial charge in [-0.05, 0) is 32.4 Å². The first kappa shape index (κ1) is 16.4. The van der Waals surface area contributed by atoms with Gasteiger partial charge in [0.15, 0.2) is 0 Å². The van der Waals surface area contributed by atoms with Crippen molar-refractivity contribution < 1.29 is 19.0 Å². The van der Waals surface area contributed by atoms with E-state index in [2.05, 4.69) is 12.2 Å². The number of carbonyl (C=O) groups excluding carboxylic acids is 1. The Hall–Kier alpha value is -0.650. The van der Waals surface area contributed by atoms with E-state index >= 15 is 0 Å². The molecule has 0 amide bonds. The number of rotatable bonds is 10. The number of nitrogens with one attached hydrogen (secondary N) is 1. The Morgan fingerprint density at radius 2 is 1.95 bits per heavy atom. The second-order valence-electron chi connectivity index (χ2n) is 4.76. The molecule has 0 aromatic carbocycles. The van der Waals surface area contributed by atoms with Gasteiger partial charge in [-0.2, -0.15) is 0 Å². The number of hydrogen-bond donors (Lipinski definition) is 1. The van der Waals surface area contributed by atoms with E-state index in [9.17, 15) is 4.79 Å². The Kier molecular flexibility index (Phi) is 9.67. The van der Waals surface area contributed by atoms with Crippen LogP contribution in [0, 0.1) is 0 Å². The quantitative estimate of drug-likeness (QED) is 0.483. The third kappa shape index (κ3) is 8.97. The van der Waals surface area contributed by atoms with Crippen LogP contribution in [0.25, 0.3) is 0 Å². The van der Waals surface area contributed by atoms with Crippen molar-refractivity contribution in [3.63, 3.8) is 0 Å². The lowest BCUT2D eigenvalue weighted by atomic mass is 10.1. The first-order chi connectivity index (χ1) is 9.33. The molecule has 1 aliphatic heterocycles. The summed E-state index contributed by atoms with van der Waals surface area (Å²) in [6, 6.07) is 0. The molecule has 5 heteroatoms. The minimum Gasteiger partial charge on any atom is -0.463 e. The molecule has 0 unspecified atom stereocenters. The van der Waals surface area contributed by atoms with E-state index < -0.39 is 0 Å². The highest BCUT2D eigenvalue weighted by molar-refractivity contribution is 5.69. The number of hydrogen-bond acceptors (Lipinski definition) is 5. The summed E-state index contributed by atoms with van der Waals surface area (Å²) in [5.74, 6) is -0.201. The zero-order valence-corrected chi connectivity index (χ0v) is 12.0. The monoisotopic (exact) mass is 273 g/mol. The van der Waals surface area contributed by atoms with Crippen molar-refractivity contribution in [1.29, 1.82) is 0 Å². The van der Waals surface area contributed by atoms with Crippen molar-refractivity contribution in [2.24, 2.45) is 0 Å². The molecule has 1 aliphatic rings. The summed E-state index contributed by atoms with van der Waals surface area (Å²) in [5.41, 5.74) is 0. The molecule has 19 heavy (non-hydrogen) atoms. The van der Waals surface area contributed by atoms with Crippen LogP contribution in [0.15, 0.2) is 0 Å². The average molecular weight is 273 g/mol. The zero-order chi connectivity index (χ0) is 13.8. The van der Waals surface area contributed by atoms with Crippen molar-refractivity contribution in [3.05, 3.63) is 0 Å². The summed E-state index contributed by atoms with van der Waals surface area (Å²) in [7, 11) is 0. The van der Waals surface area contributed by atoms with Crippen LogP contribution in [0.3, 0.4) is 0 Å². The number of unbranched alkanes of at least 4 members (excludes halogenated alkanes) is 1. The van der Waals surface area contributed by atoms with Gasteiger partial charge in [-0.1, -0.05) is 13.3 Å². The molecule has 0 aromatic heterocycles. The van der Waals surface area contributed by atoms with E-state index in [1.807, 2.05) is 0 Å². The van der Waals surface area contributed by atoms with Gasteiger partial charge in [-0.3, -0.25) is 4.79 Å². The van der Waals surface area contributed by atoms with Gasteiger partial charge in [0, 0.05) is 6.61 Å². The number of ether oxygens (including phenoxy) is 3. The molecule has 0 bridgehead atoms. The summed E-state index contributed by atoms with van der Waals surface area (Å²) in [6.45, 7) is 6.16. The number of carbonyl (C=O) groups is 1. The maximum Gasteiger partial charge on any atom is 0.308 e. The first-order valence-corrected chi connectivity index (χ1v) is 7.38. The highest BCUT2D eigenvalue weighted by atomic mass is 16.6. The van der Waals surface area contributed by atoms with Gasteiger partial charge in [0.05, 0.1) is 25.7 Å². The Morgan fingerprint density at radius 3 is 2.68 bits per heavy atom. The Balaban J connectivity index is 1.87. The molecular formula is C14H27NO4. The van der Waals surface area contributed by atoms with Crippen molar-refractivity contribution in [2.75, 3.05) is 39.5 Å². The second-order valence-corrected chi connectivity index (χ2v) is 4.76. The molecule has 5 nitrogen and oxygen atoms in total. The van der Waals surface area contributed by atoms with Gasteiger partial charge in [-0.15, -0.1) is 0 Å². The maximum atomic E-state index is 11.4. The fourth-order valence-electron chi connectivity index (χ4n) is 1.91. The minimum atomic E-state index is -0.201. The summed E-state index contributed by atoms with van der Waals surface area (Å²) in [6.07, 6.45) is 4.86. The van der Waals surface area contributed by atoms with Crippen LogP contribution in [-0.4, -0.2) is 51.6 Å². The molecule has 1 rings (SSSR count). The van der Waals surface area contributed by atoms with Gasteiger partial charge in [0.25, 0.3) is 0 Å². The first-order valence-electron chi connectivity index (χ1n) is 7.38. The van der Waals surface area contributed by atoms with Crippen molar-refractivity contribution >= 4 is 5.97 Å². The molecule has 112 valence electrons. The molecule has 0 aromatic rings. The topological polar surface area (TPSA) is 56.8 Å². The molecule has 1 saturated heterocycles. The van der Waals surface area contributed by atoms with Gasteiger partial charge < -0.3 is 19.5 Å². The van der Waals surface area contributed by atoms with Gasteiger partial charge in [0.1, 0.15) is 6.61 Å². The van der Waals surface area contributed by atoms with E-state index in [0.717, 1.165) is 45.4 Å². The number of esters is 1. The molecule has 0 spiro atoms. The molecule has 0 atom stereocenters. The molecule has 0 saturated carbocycles. The largest absolute Gasteiger partial charge is 0.463 e. The molecule has 1 fully saturated rings. The molecule has 1 N–H and O–H groups in total. The van der Waals surface area contributed by atoms with E-state index in [1.54, 1.807) is 0 Å². The molecular weight excluding hydrogens is 246 g/mol. The third-order valence-corrected chi connectivity index (χ3v) is 3.08. The molecule has 0 aliphatic carbocycles. The Morgan fingerprint density at radius 1 is 1.16 bits per heavy atom. The van der Waals surface area contributed by atoms with Gasteiger partial charge >= 0.3 is 5.97 Å². The molecule has 1 heterocycles. The van der Waals surface area contributed by atoms with Crippen LogP contribution < -0.4 is 5.32 Å². The van der Waals surface area contributed by atoms with Crippen molar-refractivity contribution in [2.45, 2.75) is 45.1 Å². The van der Waals surface area contributed by atoms with Crippen LogP contribution in [0.1, 0.15) is 39.0 Å². The minimum absolute atomic E-state index is 0.201. The smallest absolute Gasteiger partial charge is 0.308 e. The SMILES string of the molecule is CCCCOCCOC(=O)CCOC1CCNCC1. The summed E-state index contributed by atoms with van der Waals surface area (Å²) in [4.78, 5) is 11.4. The van der Waals surface area contributed by atoms with Crippen LogP contribution in [0.4, 0.5) is 0 Å². The predicted octanol–water partition coefficient (Wildman–Crippen LogP) is 1.50. The zero-order valence-electron chi connectivity index (χ0n) is 12.0. The second kappa shape index (κ2) is 11.2. The van der Waals surface area contributed by atoms with Crippen LogP contribution in [0.2, 0.25) is 0 Å². The predicted molar refractivity (Wildman–Crippen MR) is 73.1 cm³/mol. The lowest BCUT2D eigenvalue weighted by Crippen LogP contribution is -2.32. The Labute approximate surface area is 116 Å². The normalized spacial score (nSPS) is 16.5. The molecule has 0 radical (unpaired) electrons. The lowest BCUT2D eigenvalue weighted by molar-refractivity contribution is -0.147. The van der Waals surface area contributed by atoms with E-state index in [-0.39, 0.29) is 5.97 Å². The van der Waals surface area contributed by atoms with Crippen molar-refractivity contribution in [3.8, 4) is 0 Å². The van der Waals surface area contributed by atoms with Crippen LogP contribution >= 0.6 is 0 Å². The summed E-state index contributed by atoms with van der Waals surface area (Å²) in [5, 5.41) is 3.28. The van der Waals surface area contributed by atoms with E-state index in [1.165, 1.54) is 0 Å². The maximum absolute atomic E-state index is 11.4. The fourth-order valence-corrected chi connectivity index (χ4v) is 1.91.